The van der Waals surface area contributed by atoms with Gasteiger partial charge in [-0.15, -0.1) is 0 Å². The van der Waals surface area contributed by atoms with Gasteiger partial charge in [0.2, 0.25) is 0 Å². The van der Waals surface area contributed by atoms with Gasteiger partial charge in [0, 0.05) is 23.8 Å². The third kappa shape index (κ3) is 3.35. The molecule has 98 valence electrons. The van der Waals surface area contributed by atoms with E-state index in [1.807, 2.05) is 29.2 Å². The molecule has 1 N–H and O–H groups in total. The molecule has 0 saturated carbocycles. The average Bonchev–Trinajstić information content (AvgIpc) is 2.41. The zero-order chi connectivity index (χ0) is 13.0. The molecule has 0 aliphatic carbocycles. The van der Waals surface area contributed by atoms with Gasteiger partial charge in [-0.05, 0) is 47.6 Å². The minimum Gasteiger partial charge on any atom is -0.381 e. The molecule has 0 bridgehead atoms. The minimum atomic E-state index is -0.0198. The molecule has 1 fully saturated rings. The Hall–Kier alpha value is -0.820. The van der Waals surface area contributed by atoms with E-state index in [1.165, 1.54) is 0 Å². The van der Waals surface area contributed by atoms with E-state index in [2.05, 4.69) is 27.9 Å². The quantitative estimate of drug-likeness (QED) is 0.824. The molecule has 0 aromatic heterocycles. The van der Waals surface area contributed by atoms with Gasteiger partial charge in [0.25, 0.3) is 0 Å². The van der Waals surface area contributed by atoms with Gasteiger partial charge in [-0.2, -0.15) is 0 Å². The van der Waals surface area contributed by atoms with E-state index in [9.17, 15) is 4.79 Å². The maximum Gasteiger partial charge on any atom is 0.321 e. The number of carbonyl (C=O) groups is 1. The Morgan fingerprint density at radius 2 is 2.06 bits per heavy atom. The highest BCUT2D eigenvalue weighted by atomic mass is 127. The van der Waals surface area contributed by atoms with Crippen molar-refractivity contribution < 1.29 is 9.53 Å². The van der Waals surface area contributed by atoms with Crippen molar-refractivity contribution >= 4 is 34.3 Å². The number of para-hydroxylation sites is 1. The fraction of sp³-hybridized carbons (Fsp3) is 0.462. The highest BCUT2D eigenvalue weighted by Crippen LogP contribution is 2.19. The van der Waals surface area contributed by atoms with Crippen molar-refractivity contribution in [2.24, 2.45) is 0 Å². The van der Waals surface area contributed by atoms with E-state index < -0.39 is 0 Å². The summed E-state index contributed by atoms with van der Waals surface area (Å²) in [6.45, 7) is 1.52. The monoisotopic (exact) mass is 360 g/mol. The normalized spacial score (nSPS) is 16.7. The molecule has 1 heterocycles. The van der Waals surface area contributed by atoms with Gasteiger partial charge in [-0.25, -0.2) is 4.79 Å². The second kappa shape index (κ2) is 6.38. The maximum atomic E-state index is 12.1. The van der Waals surface area contributed by atoms with Crippen molar-refractivity contribution in [2.45, 2.75) is 18.9 Å². The molecule has 0 radical (unpaired) electrons. The zero-order valence-electron chi connectivity index (χ0n) is 10.4. The molecule has 1 aliphatic rings. The van der Waals surface area contributed by atoms with E-state index in [4.69, 9.17) is 4.74 Å². The van der Waals surface area contributed by atoms with Gasteiger partial charge >= 0.3 is 6.03 Å². The topological polar surface area (TPSA) is 41.6 Å². The van der Waals surface area contributed by atoms with Crippen molar-refractivity contribution in [2.75, 3.05) is 25.5 Å². The Labute approximate surface area is 121 Å². The third-order valence-corrected chi connectivity index (χ3v) is 4.12. The number of rotatable bonds is 2. The molecule has 2 rings (SSSR count). The molecule has 1 aromatic carbocycles. The number of nitrogens with zero attached hydrogens (tertiary/aromatic N) is 1. The molecular weight excluding hydrogens is 343 g/mol. The predicted octanol–water partition coefficient (Wildman–Crippen LogP) is 2.93. The molecule has 4 nitrogen and oxygen atoms in total. The Morgan fingerprint density at radius 1 is 1.39 bits per heavy atom. The van der Waals surface area contributed by atoms with Crippen molar-refractivity contribution in [3.63, 3.8) is 0 Å². The first-order valence-electron chi connectivity index (χ1n) is 6.04. The van der Waals surface area contributed by atoms with Gasteiger partial charge < -0.3 is 15.0 Å². The zero-order valence-corrected chi connectivity index (χ0v) is 12.5. The molecule has 18 heavy (non-hydrogen) atoms. The van der Waals surface area contributed by atoms with Gasteiger partial charge in [0.05, 0.1) is 11.8 Å². The number of hydrogen-bond donors (Lipinski definition) is 1. The number of hydrogen-bond acceptors (Lipinski definition) is 2. The number of likely N-dealkylation sites (tertiary alicyclic amines) is 1. The summed E-state index contributed by atoms with van der Waals surface area (Å²) in [4.78, 5) is 13.9. The lowest BCUT2D eigenvalue weighted by molar-refractivity contribution is 0.0521. The smallest absolute Gasteiger partial charge is 0.321 e. The van der Waals surface area contributed by atoms with E-state index in [0.29, 0.717) is 6.10 Å². The SMILES string of the molecule is COC1CCN(C(=O)Nc2ccccc2I)CC1. The number of anilines is 1. The fourth-order valence-corrected chi connectivity index (χ4v) is 2.57. The van der Waals surface area contributed by atoms with E-state index >= 15 is 0 Å². The number of ether oxygens (including phenoxy) is 1. The van der Waals surface area contributed by atoms with Crippen LogP contribution in [0.5, 0.6) is 0 Å². The van der Waals surface area contributed by atoms with Gasteiger partial charge in [0.1, 0.15) is 0 Å². The first kappa shape index (κ1) is 13.6. The summed E-state index contributed by atoms with van der Waals surface area (Å²) in [5.41, 5.74) is 0.872. The number of halogens is 1. The lowest BCUT2D eigenvalue weighted by Crippen LogP contribution is -2.42. The van der Waals surface area contributed by atoms with Crippen LogP contribution >= 0.6 is 22.6 Å². The lowest BCUT2D eigenvalue weighted by Gasteiger charge is -2.31. The van der Waals surface area contributed by atoms with Crippen molar-refractivity contribution in [1.82, 2.24) is 4.90 Å². The van der Waals surface area contributed by atoms with Crippen LogP contribution in [0.2, 0.25) is 0 Å². The van der Waals surface area contributed by atoms with Crippen molar-refractivity contribution in [3.8, 4) is 0 Å². The number of nitrogens with one attached hydrogen (secondary N) is 1. The first-order chi connectivity index (χ1) is 8.70. The van der Waals surface area contributed by atoms with Crippen LogP contribution in [0.1, 0.15) is 12.8 Å². The summed E-state index contributed by atoms with van der Waals surface area (Å²) in [5, 5.41) is 2.95. The minimum absolute atomic E-state index is 0.0198. The van der Waals surface area contributed by atoms with Crippen molar-refractivity contribution in [3.05, 3.63) is 27.8 Å². The molecule has 0 spiro atoms. The summed E-state index contributed by atoms with van der Waals surface area (Å²) in [6, 6.07) is 7.76. The third-order valence-electron chi connectivity index (χ3n) is 3.18. The highest BCUT2D eigenvalue weighted by Gasteiger charge is 2.22. The Balaban J connectivity index is 1.91. The summed E-state index contributed by atoms with van der Waals surface area (Å²) in [7, 11) is 1.73. The Kier molecular flexibility index (Phi) is 4.82. The Morgan fingerprint density at radius 3 is 2.67 bits per heavy atom. The standard InChI is InChI=1S/C13H17IN2O2/c1-18-10-6-8-16(9-7-10)13(17)15-12-5-3-2-4-11(12)14/h2-5,10H,6-9H2,1H3,(H,15,17). The van der Waals surface area contributed by atoms with Gasteiger partial charge in [-0.1, -0.05) is 12.1 Å². The fourth-order valence-electron chi connectivity index (χ4n) is 2.05. The second-order valence-corrected chi connectivity index (χ2v) is 5.49. The summed E-state index contributed by atoms with van der Waals surface area (Å²) in [5.74, 6) is 0. The number of benzene rings is 1. The number of urea groups is 1. The number of carbonyl (C=O) groups excluding carboxylic acids is 1. The van der Waals surface area contributed by atoms with E-state index in [1.54, 1.807) is 7.11 Å². The predicted molar refractivity (Wildman–Crippen MR) is 79.8 cm³/mol. The molecule has 2 amide bonds. The molecule has 1 saturated heterocycles. The number of amides is 2. The highest BCUT2D eigenvalue weighted by molar-refractivity contribution is 14.1. The van der Waals surface area contributed by atoms with E-state index in [-0.39, 0.29) is 6.03 Å². The van der Waals surface area contributed by atoms with Crippen LogP contribution in [0.25, 0.3) is 0 Å². The molecule has 0 unspecified atom stereocenters. The molecule has 1 aliphatic heterocycles. The molecule has 5 heteroatoms. The summed E-state index contributed by atoms with van der Waals surface area (Å²) in [6.07, 6.45) is 2.12. The van der Waals surface area contributed by atoms with Crippen LogP contribution in [0.4, 0.5) is 10.5 Å². The maximum absolute atomic E-state index is 12.1. The molecular formula is C13H17IN2O2. The van der Waals surface area contributed by atoms with Crippen LogP contribution < -0.4 is 5.32 Å². The second-order valence-electron chi connectivity index (χ2n) is 4.33. The van der Waals surface area contributed by atoms with Gasteiger partial charge in [0.15, 0.2) is 0 Å². The van der Waals surface area contributed by atoms with Crippen LogP contribution in [0, 0.1) is 3.57 Å². The summed E-state index contributed by atoms with van der Waals surface area (Å²) < 4.78 is 6.35. The largest absolute Gasteiger partial charge is 0.381 e. The average molecular weight is 360 g/mol. The molecule has 0 atom stereocenters. The van der Waals surface area contributed by atoms with Crippen LogP contribution in [0.15, 0.2) is 24.3 Å². The summed E-state index contributed by atoms with van der Waals surface area (Å²) >= 11 is 2.22. The van der Waals surface area contributed by atoms with E-state index in [0.717, 1.165) is 35.2 Å². The van der Waals surface area contributed by atoms with Gasteiger partial charge in [-0.3, -0.25) is 0 Å². The van der Waals surface area contributed by atoms with Crippen LogP contribution in [-0.2, 0) is 4.74 Å². The Bertz CT molecular complexity index is 417. The van der Waals surface area contributed by atoms with Crippen LogP contribution in [-0.4, -0.2) is 37.2 Å². The first-order valence-corrected chi connectivity index (χ1v) is 7.12. The number of piperidine rings is 1. The molecule has 1 aromatic rings. The lowest BCUT2D eigenvalue weighted by atomic mass is 10.1. The number of methoxy groups -OCH3 is 1. The van der Waals surface area contributed by atoms with Crippen LogP contribution in [0.3, 0.4) is 0 Å². The van der Waals surface area contributed by atoms with Crippen molar-refractivity contribution in [1.29, 1.82) is 0 Å².